The highest BCUT2D eigenvalue weighted by molar-refractivity contribution is 5.31. The van der Waals surface area contributed by atoms with E-state index in [1.54, 1.807) is 0 Å². The first kappa shape index (κ1) is 19.3. The lowest BCUT2D eigenvalue weighted by Crippen LogP contribution is -2.26. The van der Waals surface area contributed by atoms with Gasteiger partial charge in [0.1, 0.15) is 5.82 Å². The van der Waals surface area contributed by atoms with Gasteiger partial charge in [-0.05, 0) is 19.3 Å². The lowest BCUT2D eigenvalue weighted by molar-refractivity contribution is 0.425. The van der Waals surface area contributed by atoms with Gasteiger partial charge in [0, 0.05) is 21.9 Å². The summed E-state index contributed by atoms with van der Waals surface area (Å²) >= 11 is 0. The molecule has 1 aromatic rings. The van der Waals surface area contributed by atoms with E-state index in [4.69, 9.17) is 4.98 Å². The van der Waals surface area contributed by atoms with Crippen molar-refractivity contribution in [3.8, 4) is 0 Å². The van der Waals surface area contributed by atoms with Crippen LogP contribution in [0, 0.1) is 0 Å². The number of H-pyrrole nitrogens is 1. The Morgan fingerprint density at radius 2 is 1.27 bits per heavy atom. The van der Waals surface area contributed by atoms with E-state index in [1.165, 1.54) is 42.9 Å². The number of imidazole rings is 1. The van der Waals surface area contributed by atoms with Crippen molar-refractivity contribution < 1.29 is 0 Å². The summed E-state index contributed by atoms with van der Waals surface area (Å²) in [5.41, 5.74) is 3.04. The summed E-state index contributed by atoms with van der Waals surface area (Å²) in [7, 11) is 0. The normalized spacial score (nSPS) is 13.7. The van der Waals surface area contributed by atoms with E-state index >= 15 is 0 Å². The molecule has 0 saturated heterocycles. The maximum atomic E-state index is 5.14. The number of aromatic nitrogens is 2. The number of hydrogen-bond donors (Lipinski definition) is 1. The van der Waals surface area contributed by atoms with Crippen LogP contribution in [0.25, 0.3) is 0 Å². The Balaban J connectivity index is 3.44. The molecule has 1 aromatic heterocycles. The molecule has 0 aromatic carbocycles. The first-order valence-electron chi connectivity index (χ1n) is 9.13. The summed E-state index contributed by atoms with van der Waals surface area (Å²) < 4.78 is 0. The molecule has 128 valence electrons. The Labute approximate surface area is 138 Å². The molecule has 0 amide bonds. The predicted octanol–water partition coefficient (Wildman–Crippen LogP) is 6.25. The Kier molecular flexibility index (Phi) is 5.92. The zero-order chi connectivity index (χ0) is 17.2. The van der Waals surface area contributed by atoms with Gasteiger partial charge in [0.15, 0.2) is 0 Å². The molecule has 0 bridgehead atoms. The summed E-state index contributed by atoms with van der Waals surface area (Å²) in [6, 6.07) is 0. The van der Waals surface area contributed by atoms with Crippen LogP contribution < -0.4 is 0 Å². The second-order valence-electron chi connectivity index (χ2n) is 8.81. The van der Waals surface area contributed by atoms with Gasteiger partial charge < -0.3 is 4.98 Å². The van der Waals surface area contributed by atoms with Crippen LogP contribution in [0.15, 0.2) is 0 Å². The molecule has 0 aliphatic rings. The molecule has 0 aliphatic heterocycles. The van der Waals surface area contributed by atoms with Gasteiger partial charge in [-0.25, -0.2) is 4.98 Å². The summed E-state index contributed by atoms with van der Waals surface area (Å²) in [5, 5.41) is 0. The molecule has 0 unspecified atom stereocenters. The standard InChI is InChI=1S/C20H38N2/c1-10-13-19(6,7)16-15(18(4,5)12-3)21-17(22-16)20(8,9)14-11-2/h10-14H2,1-9H3,(H,21,22). The van der Waals surface area contributed by atoms with Crippen molar-refractivity contribution in [3.63, 3.8) is 0 Å². The van der Waals surface area contributed by atoms with Crippen LogP contribution in [0.2, 0.25) is 0 Å². The van der Waals surface area contributed by atoms with Gasteiger partial charge in [-0.2, -0.15) is 0 Å². The zero-order valence-electron chi connectivity index (χ0n) is 16.5. The maximum Gasteiger partial charge on any atom is 0.112 e. The number of nitrogens with one attached hydrogen (secondary N) is 1. The maximum absolute atomic E-state index is 5.14. The van der Waals surface area contributed by atoms with Crippen molar-refractivity contribution in [1.29, 1.82) is 0 Å². The monoisotopic (exact) mass is 306 g/mol. The molecule has 1 N–H and O–H groups in total. The lowest BCUT2D eigenvalue weighted by Gasteiger charge is -2.29. The third-order valence-electron chi connectivity index (χ3n) is 5.30. The van der Waals surface area contributed by atoms with Gasteiger partial charge >= 0.3 is 0 Å². The predicted molar refractivity (Wildman–Crippen MR) is 97.8 cm³/mol. The fourth-order valence-electron chi connectivity index (χ4n) is 3.33. The lowest BCUT2D eigenvalue weighted by atomic mass is 9.76. The van der Waals surface area contributed by atoms with Gasteiger partial charge in [-0.1, -0.05) is 75.2 Å². The summed E-state index contributed by atoms with van der Waals surface area (Å²) in [4.78, 5) is 8.90. The summed E-state index contributed by atoms with van der Waals surface area (Å²) in [5.74, 6) is 1.17. The second-order valence-corrected chi connectivity index (χ2v) is 8.81. The molecule has 1 rings (SSSR count). The Hall–Kier alpha value is -0.790. The molecule has 0 aliphatic carbocycles. The quantitative estimate of drug-likeness (QED) is 0.604. The molecular weight excluding hydrogens is 268 g/mol. The minimum absolute atomic E-state index is 0.119. The van der Waals surface area contributed by atoms with Crippen molar-refractivity contribution >= 4 is 0 Å². The van der Waals surface area contributed by atoms with E-state index < -0.39 is 0 Å². The van der Waals surface area contributed by atoms with Crippen molar-refractivity contribution in [2.24, 2.45) is 0 Å². The summed E-state index contributed by atoms with van der Waals surface area (Å²) in [6.45, 7) is 20.8. The molecule has 0 atom stereocenters. The Morgan fingerprint density at radius 1 is 0.773 bits per heavy atom. The molecule has 0 radical (unpaired) electrons. The van der Waals surface area contributed by atoms with E-state index in [2.05, 4.69) is 67.3 Å². The van der Waals surface area contributed by atoms with Gasteiger partial charge in [-0.3, -0.25) is 0 Å². The van der Waals surface area contributed by atoms with Crippen LogP contribution in [-0.2, 0) is 16.2 Å². The van der Waals surface area contributed by atoms with Gasteiger partial charge in [0.2, 0.25) is 0 Å². The van der Waals surface area contributed by atoms with E-state index in [9.17, 15) is 0 Å². The SMILES string of the molecule is CCCC(C)(C)c1nc(C(C)(C)CC)c(C(C)(C)CCC)[nH]1. The van der Waals surface area contributed by atoms with Crippen LogP contribution in [0.1, 0.15) is 112 Å². The largest absolute Gasteiger partial charge is 0.345 e. The van der Waals surface area contributed by atoms with E-state index in [0.717, 1.165) is 6.42 Å². The summed E-state index contributed by atoms with van der Waals surface area (Å²) in [6.07, 6.45) is 5.86. The molecule has 2 nitrogen and oxygen atoms in total. The fraction of sp³-hybridized carbons (Fsp3) is 0.850. The average molecular weight is 307 g/mol. The third-order valence-corrected chi connectivity index (χ3v) is 5.30. The highest BCUT2D eigenvalue weighted by atomic mass is 15.0. The second kappa shape index (κ2) is 6.76. The minimum Gasteiger partial charge on any atom is -0.345 e. The molecule has 22 heavy (non-hydrogen) atoms. The number of nitrogens with zero attached hydrogens (tertiary/aromatic N) is 1. The highest BCUT2D eigenvalue weighted by Gasteiger charge is 2.35. The van der Waals surface area contributed by atoms with E-state index in [-0.39, 0.29) is 16.2 Å². The van der Waals surface area contributed by atoms with Crippen molar-refractivity contribution in [3.05, 3.63) is 17.2 Å². The van der Waals surface area contributed by atoms with Crippen LogP contribution >= 0.6 is 0 Å². The average Bonchev–Trinajstić information content (AvgIpc) is 2.86. The van der Waals surface area contributed by atoms with Crippen molar-refractivity contribution in [2.75, 3.05) is 0 Å². The molecular formula is C20H38N2. The fourth-order valence-corrected chi connectivity index (χ4v) is 3.33. The van der Waals surface area contributed by atoms with Gasteiger partial charge in [0.25, 0.3) is 0 Å². The highest BCUT2D eigenvalue weighted by Crippen LogP contribution is 2.39. The number of rotatable bonds is 8. The van der Waals surface area contributed by atoms with E-state index in [1.807, 2.05) is 0 Å². The van der Waals surface area contributed by atoms with E-state index in [0.29, 0.717) is 0 Å². The van der Waals surface area contributed by atoms with Gasteiger partial charge in [0.05, 0.1) is 5.69 Å². The molecule has 1 heterocycles. The zero-order valence-corrected chi connectivity index (χ0v) is 16.5. The molecule has 2 heteroatoms. The van der Waals surface area contributed by atoms with Crippen molar-refractivity contribution in [1.82, 2.24) is 9.97 Å². The number of hydrogen-bond acceptors (Lipinski definition) is 1. The third kappa shape index (κ3) is 3.94. The Morgan fingerprint density at radius 3 is 1.73 bits per heavy atom. The molecule has 0 spiro atoms. The van der Waals surface area contributed by atoms with Gasteiger partial charge in [-0.15, -0.1) is 0 Å². The Bertz CT molecular complexity index is 478. The molecule has 0 saturated carbocycles. The molecule has 0 fully saturated rings. The van der Waals surface area contributed by atoms with Crippen LogP contribution in [0.3, 0.4) is 0 Å². The van der Waals surface area contributed by atoms with Crippen molar-refractivity contribution in [2.45, 2.75) is 111 Å². The smallest absolute Gasteiger partial charge is 0.112 e. The van der Waals surface area contributed by atoms with Crippen LogP contribution in [0.4, 0.5) is 0 Å². The topological polar surface area (TPSA) is 28.7 Å². The number of aromatic amines is 1. The first-order valence-corrected chi connectivity index (χ1v) is 9.13. The van der Waals surface area contributed by atoms with Crippen LogP contribution in [-0.4, -0.2) is 9.97 Å². The minimum atomic E-state index is 0.119. The van der Waals surface area contributed by atoms with Crippen LogP contribution in [0.5, 0.6) is 0 Å². The first-order chi connectivity index (χ1) is 10.0.